The zero-order valence-electron chi connectivity index (χ0n) is 26.4. The number of nitrogens with zero attached hydrogens (tertiary/aromatic N) is 3. The Morgan fingerprint density at radius 3 is 2.20 bits per heavy atom. The molecule has 0 spiro atoms. The van der Waals surface area contributed by atoms with Gasteiger partial charge in [0.2, 0.25) is 0 Å². The topological polar surface area (TPSA) is 148 Å². The minimum Gasteiger partial charge on any atom is -0.496 e. The van der Waals surface area contributed by atoms with Crippen molar-refractivity contribution in [3.05, 3.63) is 65.1 Å². The lowest BCUT2D eigenvalue weighted by atomic mass is 10.0. The predicted molar refractivity (Wildman–Crippen MR) is 156 cm³/mol. The Kier molecular flexibility index (Phi) is 9.37. The number of methoxy groups -OCH3 is 1. The van der Waals surface area contributed by atoms with Crippen LogP contribution in [0.4, 0.5) is 21.0 Å². The summed E-state index contributed by atoms with van der Waals surface area (Å²) in [5, 5.41) is 11.7. The number of halogens is 1. The van der Waals surface area contributed by atoms with Crippen molar-refractivity contribution >= 4 is 47.7 Å². The monoisotopic (exact) mass is 587 g/mol. The largest absolute Gasteiger partial charge is 0.496 e. The standard InChI is InChI=1S/C18H20N2O4.C11H13ClN2O3/c1-18(2,3)24-17(22)20-14-9-10-19-16(13(14)11-21)12-7-5-6-8-15(12)23-4;1-11(2,3)14(10(16)17)8-4-5-13-9(12)7(8)6-15/h5-11H,1-4H3,(H,19,20,22);4-6H,1-3H3,(H,16,17)/i4D3;. The van der Waals surface area contributed by atoms with Gasteiger partial charge in [0.15, 0.2) is 12.6 Å². The van der Waals surface area contributed by atoms with E-state index in [4.69, 9.17) is 25.2 Å². The van der Waals surface area contributed by atoms with Crippen LogP contribution >= 0.6 is 11.6 Å². The maximum Gasteiger partial charge on any atom is 0.412 e. The van der Waals surface area contributed by atoms with Gasteiger partial charge in [-0.1, -0.05) is 23.7 Å². The number of anilines is 2. The average molecular weight is 588 g/mol. The van der Waals surface area contributed by atoms with Crippen LogP contribution in [0.1, 0.15) is 66.4 Å². The summed E-state index contributed by atoms with van der Waals surface area (Å²) in [4.78, 5) is 55.0. The molecule has 0 radical (unpaired) electrons. The second kappa shape index (κ2) is 13.7. The molecule has 1 aromatic carbocycles. The van der Waals surface area contributed by atoms with Crippen molar-refractivity contribution in [3.63, 3.8) is 0 Å². The van der Waals surface area contributed by atoms with Gasteiger partial charge in [-0.2, -0.15) is 0 Å². The van der Waals surface area contributed by atoms with E-state index in [0.29, 0.717) is 18.1 Å². The number of hydrogen-bond acceptors (Lipinski definition) is 8. The van der Waals surface area contributed by atoms with Crippen LogP contribution in [-0.2, 0) is 4.74 Å². The number of hydrogen-bond donors (Lipinski definition) is 2. The van der Waals surface area contributed by atoms with Crippen LogP contribution in [0.2, 0.25) is 5.15 Å². The fraction of sp³-hybridized carbons (Fsp3) is 0.310. The van der Waals surface area contributed by atoms with E-state index < -0.39 is 30.4 Å². The van der Waals surface area contributed by atoms with E-state index >= 15 is 0 Å². The quantitative estimate of drug-likeness (QED) is 0.236. The first kappa shape index (κ1) is 28.0. The van der Waals surface area contributed by atoms with Crippen LogP contribution in [0.25, 0.3) is 11.3 Å². The molecule has 0 unspecified atom stereocenters. The maximum absolute atomic E-state index is 12.0. The van der Waals surface area contributed by atoms with Crippen molar-refractivity contribution in [2.24, 2.45) is 0 Å². The Balaban J connectivity index is 0.000000342. The Bertz CT molecular complexity index is 1520. The van der Waals surface area contributed by atoms with Gasteiger partial charge in [-0.05, 0) is 65.8 Å². The maximum atomic E-state index is 12.0. The van der Waals surface area contributed by atoms with Crippen LogP contribution < -0.4 is 15.0 Å². The first-order valence-corrected chi connectivity index (χ1v) is 12.5. The van der Waals surface area contributed by atoms with E-state index in [9.17, 15) is 24.3 Å². The van der Waals surface area contributed by atoms with E-state index in [1.165, 1.54) is 30.6 Å². The molecule has 0 aliphatic carbocycles. The smallest absolute Gasteiger partial charge is 0.412 e. The Morgan fingerprint density at radius 2 is 1.63 bits per heavy atom. The van der Waals surface area contributed by atoms with Gasteiger partial charge in [0.05, 0.1) is 39.3 Å². The molecule has 0 aliphatic rings. The highest BCUT2D eigenvalue weighted by Gasteiger charge is 2.30. The lowest BCUT2D eigenvalue weighted by Gasteiger charge is -2.33. The van der Waals surface area contributed by atoms with E-state index in [1.54, 1.807) is 59.7 Å². The molecule has 0 atom stereocenters. The number of benzene rings is 1. The zero-order valence-corrected chi connectivity index (χ0v) is 24.1. The van der Waals surface area contributed by atoms with Gasteiger partial charge >= 0.3 is 12.2 Å². The number of carbonyl (C=O) groups is 4. The summed E-state index contributed by atoms with van der Waals surface area (Å²) in [6.07, 6.45) is 1.92. The molecule has 218 valence electrons. The summed E-state index contributed by atoms with van der Waals surface area (Å²) in [5.41, 5.74) is -0.332. The fourth-order valence-corrected chi connectivity index (χ4v) is 3.77. The molecule has 3 aromatic rings. The number of amides is 2. The third-order valence-corrected chi connectivity index (χ3v) is 5.44. The molecule has 0 aliphatic heterocycles. The summed E-state index contributed by atoms with van der Waals surface area (Å²) in [6, 6.07) is 9.21. The molecule has 2 amide bonds. The minimum atomic E-state index is -2.66. The van der Waals surface area contributed by atoms with Gasteiger partial charge in [0.25, 0.3) is 0 Å². The minimum absolute atomic E-state index is 0.00648. The zero-order chi connectivity index (χ0) is 33.5. The van der Waals surface area contributed by atoms with Gasteiger partial charge in [-0.25, -0.2) is 14.6 Å². The number of carboxylic acid groups (broad SMARTS) is 1. The third-order valence-electron chi connectivity index (χ3n) is 5.14. The molecule has 0 bridgehead atoms. The van der Waals surface area contributed by atoms with Gasteiger partial charge in [-0.3, -0.25) is 24.8 Å². The Labute approximate surface area is 247 Å². The molecule has 2 N–H and O–H groups in total. The number of carbonyl (C=O) groups excluding carboxylic acids is 3. The highest BCUT2D eigenvalue weighted by molar-refractivity contribution is 6.32. The van der Waals surface area contributed by atoms with Crippen molar-refractivity contribution in [1.82, 2.24) is 9.97 Å². The van der Waals surface area contributed by atoms with Crippen LogP contribution in [0.3, 0.4) is 0 Å². The molecule has 2 aromatic heterocycles. The normalized spacial score (nSPS) is 12.3. The van der Waals surface area contributed by atoms with Crippen molar-refractivity contribution < 1.29 is 37.9 Å². The van der Waals surface area contributed by atoms with Crippen LogP contribution in [0, 0.1) is 0 Å². The number of nitrogens with one attached hydrogen (secondary N) is 1. The lowest BCUT2D eigenvalue weighted by molar-refractivity contribution is 0.0635. The molecule has 3 rings (SSSR count). The number of pyridine rings is 2. The second-order valence-corrected chi connectivity index (χ2v) is 10.8. The molecule has 2 heterocycles. The third kappa shape index (κ3) is 8.74. The summed E-state index contributed by atoms with van der Waals surface area (Å²) >= 11 is 5.77. The van der Waals surface area contributed by atoms with E-state index in [2.05, 4.69) is 15.3 Å². The summed E-state index contributed by atoms with van der Waals surface area (Å²) in [7, 11) is -2.66. The average Bonchev–Trinajstić information content (AvgIpc) is 2.86. The van der Waals surface area contributed by atoms with E-state index in [0.717, 1.165) is 4.90 Å². The molecule has 12 heteroatoms. The van der Waals surface area contributed by atoms with Crippen LogP contribution in [0.5, 0.6) is 5.75 Å². The van der Waals surface area contributed by atoms with Gasteiger partial charge < -0.3 is 14.6 Å². The van der Waals surface area contributed by atoms with Gasteiger partial charge in [-0.15, -0.1) is 0 Å². The first-order chi connectivity index (χ1) is 20.3. The molecule has 0 fully saturated rings. The fourth-order valence-electron chi connectivity index (χ4n) is 3.57. The van der Waals surface area contributed by atoms with Crippen molar-refractivity contribution in [2.45, 2.75) is 52.7 Å². The van der Waals surface area contributed by atoms with E-state index in [1.807, 2.05) is 0 Å². The summed E-state index contributed by atoms with van der Waals surface area (Å²) in [5.74, 6) is 0.0440. The molecular weight excluding hydrogens is 552 g/mol. The van der Waals surface area contributed by atoms with Gasteiger partial charge in [0.1, 0.15) is 16.5 Å². The highest BCUT2D eigenvalue weighted by Crippen LogP contribution is 2.33. The van der Waals surface area contributed by atoms with Crippen LogP contribution in [0.15, 0.2) is 48.8 Å². The van der Waals surface area contributed by atoms with Crippen molar-refractivity contribution in [1.29, 1.82) is 0 Å². The molecule has 0 saturated heterocycles. The summed E-state index contributed by atoms with van der Waals surface area (Å²) in [6.45, 7) is 10.3. The summed E-state index contributed by atoms with van der Waals surface area (Å²) < 4.78 is 32.1. The van der Waals surface area contributed by atoms with Crippen molar-refractivity contribution in [2.75, 3.05) is 17.3 Å². The Morgan fingerprint density at radius 1 is 1.00 bits per heavy atom. The van der Waals surface area contributed by atoms with Gasteiger partial charge in [0, 0.05) is 23.5 Å². The van der Waals surface area contributed by atoms with Crippen LogP contribution in [-0.4, -0.2) is 58.0 Å². The molecule has 41 heavy (non-hydrogen) atoms. The predicted octanol–water partition coefficient (Wildman–Crippen LogP) is 6.75. The lowest BCUT2D eigenvalue weighted by Crippen LogP contribution is -2.45. The SMILES string of the molecule is CC(C)(C)N(C(=O)O)c1ccnc(Cl)c1C=O.[2H]C([2H])([2H])Oc1ccccc1-c1nccc(NC(=O)OC(C)(C)C)c1C=O. The second-order valence-electron chi connectivity index (χ2n) is 10.4. The number of aldehydes is 2. The number of para-hydroxylation sites is 1. The molecule has 11 nitrogen and oxygen atoms in total. The number of aromatic nitrogens is 2. The number of ether oxygens (including phenoxy) is 2. The van der Waals surface area contributed by atoms with Crippen molar-refractivity contribution in [3.8, 4) is 17.0 Å². The Hall–Kier alpha value is -4.51. The number of rotatable bonds is 6. The molecular formula is C29H33ClN4O7. The molecule has 0 saturated carbocycles. The highest BCUT2D eigenvalue weighted by atomic mass is 35.5. The van der Waals surface area contributed by atoms with E-state index in [-0.39, 0.29) is 39.1 Å². The first-order valence-electron chi connectivity index (χ1n) is 13.6.